The van der Waals surface area contributed by atoms with Gasteiger partial charge in [0.2, 0.25) is 11.8 Å². The monoisotopic (exact) mass is 394 g/mol. The second-order valence-corrected chi connectivity index (χ2v) is 7.56. The quantitative estimate of drug-likeness (QED) is 0.645. The van der Waals surface area contributed by atoms with E-state index < -0.39 is 0 Å². The maximum atomic E-state index is 12.6. The lowest BCUT2D eigenvalue weighted by atomic mass is 9.93. The molecule has 3 N–H and O–H groups in total. The fourth-order valence-corrected chi connectivity index (χ4v) is 3.80. The van der Waals surface area contributed by atoms with Gasteiger partial charge in [0.25, 0.3) is 0 Å². The maximum absolute atomic E-state index is 12.6. The molecule has 3 unspecified atom stereocenters. The van der Waals surface area contributed by atoms with Crippen LogP contribution in [-0.4, -0.2) is 56.6 Å². The zero-order chi connectivity index (χ0) is 19.2. The van der Waals surface area contributed by atoms with Gasteiger partial charge in [0.05, 0.1) is 18.6 Å². The zero-order valence-corrected chi connectivity index (χ0v) is 16.3. The summed E-state index contributed by atoms with van der Waals surface area (Å²) in [6.07, 6.45) is 1.03. The van der Waals surface area contributed by atoms with Crippen molar-refractivity contribution in [2.24, 2.45) is 11.8 Å². The molecule has 2 fully saturated rings. The Morgan fingerprint density at radius 1 is 1.37 bits per heavy atom. The van der Waals surface area contributed by atoms with Gasteiger partial charge in [-0.2, -0.15) is 0 Å². The van der Waals surface area contributed by atoms with E-state index in [1.807, 2.05) is 24.3 Å². The number of halogens is 1. The van der Waals surface area contributed by atoms with Crippen molar-refractivity contribution < 1.29 is 14.3 Å². The standard InChI is InChI=1S/C19H27ClN4O3/c1-27-9-8-24-12-14(4-7-17(24)25)19(26)21-10-15-11-22-23-18(15)13-2-5-16(20)6-3-13/h2-3,5-6,14-15,18,22-23H,4,7-12H2,1H3,(H,21,26). The largest absolute Gasteiger partial charge is 0.383 e. The lowest BCUT2D eigenvalue weighted by molar-refractivity contribution is -0.138. The molecule has 2 aliphatic rings. The number of ether oxygens (including phenoxy) is 1. The molecule has 2 heterocycles. The Balaban J connectivity index is 1.52. The van der Waals surface area contributed by atoms with Gasteiger partial charge in [0, 0.05) is 50.7 Å². The number of rotatable bonds is 7. The first-order chi connectivity index (χ1) is 13.1. The Hall–Kier alpha value is -1.67. The highest BCUT2D eigenvalue weighted by molar-refractivity contribution is 6.30. The van der Waals surface area contributed by atoms with Crippen LogP contribution >= 0.6 is 11.6 Å². The molecular weight excluding hydrogens is 368 g/mol. The van der Waals surface area contributed by atoms with Gasteiger partial charge < -0.3 is 15.0 Å². The summed E-state index contributed by atoms with van der Waals surface area (Å²) in [6.45, 7) is 2.84. The van der Waals surface area contributed by atoms with Crippen molar-refractivity contribution in [3.05, 3.63) is 34.9 Å². The normalized spacial score (nSPS) is 25.6. The van der Waals surface area contributed by atoms with E-state index in [9.17, 15) is 9.59 Å². The van der Waals surface area contributed by atoms with Crippen molar-refractivity contribution in [2.45, 2.75) is 18.9 Å². The number of methoxy groups -OCH3 is 1. The van der Waals surface area contributed by atoms with Crippen LogP contribution in [0.4, 0.5) is 0 Å². The van der Waals surface area contributed by atoms with E-state index in [1.54, 1.807) is 12.0 Å². The van der Waals surface area contributed by atoms with Gasteiger partial charge in [-0.05, 0) is 24.1 Å². The molecular formula is C19H27ClN4O3. The molecule has 0 aliphatic carbocycles. The van der Waals surface area contributed by atoms with Gasteiger partial charge in [-0.15, -0.1) is 0 Å². The average molecular weight is 395 g/mol. The van der Waals surface area contributed by atoms with E-state index in [4.69, 9.17) is 16.3 Å². The van der Waals surface area contributed by atoms with E-state index in [0.717, 1.165) is 12.1 Å². The minimum absolute atomic E-state index is 0.0201. The van der Waals surface area contributed by atoms with Crippen molar-refractivity contribution in [2.75, 3.05) is 39.9 Å². The molecule has 148 valence electrons. The Labute approximate surface area is 164 Å². The first-order valence-electron chi connectivity index (χ1n) is 9.36. The van der Waals surface area contributed by atoms with Gasteiger partial charge >= 0.3 is 0 Å². The second kappa shape index (κ2) is 9.50. The SMILES string of the molecule is COCCN1CC(C(=O)NCC2CNNC2c2ccc(Cl)cc2)CCC1=O. The van der Waals surface area contributed by atoms with Crippen LogP contribution in [0.5, 0.6) is 0 Å². The summed E-state index contributed by atoms with van der Waals surface area (Å²) >= 11 is 5.97. The average Bonchev–Trinajstić information content (AvgIpc) is 3.14. The summed E-state index contributed by atoms with van der Waals surface area (Å²) in [5.41, 5.74) is 7.58. The number of carbonyl (C=O) groups excluding carboxylic acids is 2. The number of hydrazine groups is 1. The predicted octanol–water partition coefficient (Wildman–Crippen LogP) is 1.11. The van der Waals surface area contributed by atoms with Crippen molar-refractivity contribution in [1.29, 1.82) is 0 Å². The molecule has 0 saturated carbocycles. The van der Waals surface area contributed by atoms with Crippen LogP contribution in [0.1, 0.15) is 24.4 Å². The van der Waals surface area contributed by atoms with Gasteiger partial charge in [-0.1, -0.05) is 23.7 Å². The highest BCUT2D eigenvalue weighted by atomic mass is 35.5. The van der Waals surface area contributed by atoms with E-state index in [2.05, 4.69) is 16.2 Å². The molecule has 7 nitrogen and oxygen atoms in total. The highest BCUT2D eigenvalue weighted by Gasteiger charge is 2.32. The first-order valence-corrected chi connectivity index (χ1v) is 9.74. The molecule has 2 saturated heterocycles. The lowest BCUT2D eigenvalue weighted by Gasteiger charge is -2.32. The molecule has 0 aromatic heterocycles. The molecule has 3 rings (SSSR count). The summed E-state index contributed by atoms with van der Waals surface area (Å²) < 4.78 is 5.05. The van der Waals surface area contributed by atoms with Crippen LogP contribution in [0.25, 0.3) is 0 Å². The molecule has 0 spiro atoms. The predicted molar refractivity (Wildman–Crippen MR) is 103 cm³/mol. The molecule has 1 aromatic rings. The number of hydrogen-bond donors (Lipinski definition) is 3. The number of nitrogens with one attached hydrogen (secondary N) is 3. The summed E-state index contributed by atoms with van der Waals surface area (Å²) in [4.78, 5) is 26.3. The third-order valence-corrected chi connectivity index (χ3v) is 5.55. The maximum Gasteiger partial charge on any atom is 0.224 e. The molecule has 0 radical (unpaired) electrons. The molecule has 0 bridgehead atoms. The Morgan fingerprint density at radius 3 is 2.89 bits per heavy atom. The minimum atomic E-state index is -0.157. The summed E-state index contributed by atoms with van der Waals surface area (Å²) in [6, 6.07) is 7.87. The summed E-state index contributed by atoms with van der Waals surface area (Å²) in [7, 11) is 1.61. The highest BCUT2D eigenvalue weighted by Crippen LogP contribution is 2.26. The zero-order valence-electron chi connectivity index (χ0n) is 15.5. The number of likely N-dealkylation sites (tertiary alicyclic amines) is 1. The van der Waals surface area contributed by atoms with Crippen molar-refractivity contribution in [3.63, 3.8) is 0 Å². The third-order valence-electron chi connectivity index (χ3n) is 5.30. The molecule has 2 aliphatic heterocycles. The Kier molecular flexibility index (Phi) is 7.07. The first kappa shape index (κ1) is 20.1. The fraction of sp³-hybridized carbons (Fsp3) is 0.579. The molecule has 27 heavy (non-hydrogen) atoms. The van der Waals surface area contributed by atoms with Crippen LogP contribution in [0, 0.1) is 11.8 Å². The number of hydrogen-bond acceptors (Lipinski definition) is 5. The Morgan fingerprint density at radius 2 is 2.15 bits per heavy atom. The smallest absolute Gasteiger partial charge is 0.224 e. The molecule has 3 atom stereocenters. The van der Waals surface area contributed by atoms with Crippen molar-refractivity contribution in [3.8, 4) is 0 Å². The van der Waals surface area contributed by atoms with Crippen LogP contribution < -0.4 is 16.2 Å². The lowest BCUT2D eigenvalue weighted by Crippen LogP contribution is -2.47. The summed E-state index contributed by atoms with van der Waals surface area (Å²) in [5.74, 6) is 0.204. The van der Waals surface area contributed by atoms with Gasteiger partial charge in [0.1, 0.15) is 0 Å². The third kappa shape index (κ3) is 5.19. The topological polar surface area (TPSA) is 82.7 Å². The van der Waals surface area contributed by atoms with Crippen molar-refractivity contribution >= 4 is 23.4 Å². The molecule has 2 amide bonds. The van der Waals surface area contributed by atoms with E-state index in [1.165, 1.54) is 0 Å². The minimum Gasteiger partial charge on any atom is -0.383 e. The summed E-state index contributed by atoms with van der Waals surface area (Å²) in [5, 5.41) is 3.79. The van der Waals surface area contributed by atoms with Gasteiger partial charge in [-0.25, -0.2) is 5.43 Å². The molecule has 8 heteroatoms. The number of piperidine rings is 1. The second-order valence-electron chi connectivity index (χ2n) is 7.13. The number of amides is 2. The van der Waals surface area contributed by atoms with Gasteiger partial charge in [0.15, 0.2) is 0 Å². The number of nitrogens with zero attached hydrogens (tertiary/aromatic N) is 1. The van der Waals surface area contributed by atoms with E-state index >= 15 is 0 Å². The van der Waals surface area contributed by atoms with Crippen LogP contribution in [-0.2, 0) is 14.3 Å². The van der Waals surface area contributed by atoms with E-state index in [-0.39, 0.29) is 29.7 Å². The Bertz CT molecular complexity index is 655. The van der Waals surface area contributed by atoms with Crippen molar-refractivity contribution in [1.82, 2.24) is 21.1 Å². The van der Waals surface area contributed by atoms with Gasteiger partial charge in [-0.3, -0.25) is 15.0 Å². The van der Waals surface area contributed by atoms with Crippen LogP contribution in [0.3, 0.4) is 0 Å². The van der Waals surface area contributed by atoms with Crippen LogP contribution in [0.15, 0.2) is 24.3 Å². The number of benzene rings is 1. The molecule has 1 aromatic carbocycles. The van der Waals surface area contributed by atoms with E-state index in [0.29, 0.717) is 44.1 Å². The number of carbonyl (C=O) groups is 2. The van der Waals surface area contributed by atoms with Crippen LogP contribution in [0.2, 0.25) is 5.02 Å². The fourth-order valence-electron chi connectivity index (χ4n) is 3.67.